The minimum Gasteiger partial charge on any atom is -0.366 e. The van der Waals surface area contributed by atoms with Crippen molar-refractivity contribution in [2.45, 2.75) is 4.90 Å². The van der Waals surface area contributed by atoms with E-state index >= 15 is 0 Å². The second-order valence-electron chi connectivity index (χ2n) is 2.78. The van der Waals surface area contributed by atoms with E-state index in [4.69, 9.17) is 17.3 Å². The van der Waals surface area contributed by atoms with E-state index in [0.29, 0.717) is 0 Å². The summed E-state index contributed by atoms with van der Waals surface area (Å²) < 4.78 is 22.4. The van der Waals surface area contributed by atoms with Crippen molar-refractivity contribution in [2.24, 2.45) is 5.73 Å². The maximum absolute atomic E-state index is 11.2. The molecule has 0 spiro atoms. The number of nitrogens with two attached hydrogens (primary N) is 1. The first kappa shape index (κ1) is 11.0. The second-order valence-corrected chi connectivity index (χ2v) is 5.17. The van der Waals surface area contributed by atoms with Crippen molar-refractivity contribution >= 4 is 27.3 Å². The lowest BCUT2D eigenvalue weighted by atomic mass is 10.2. The van der Waals surface area contributed by atoms with Gasteiger partial charge >= 0.3 is 0 Å². The van der Waals surface area contributed by atoms with Gasteiger partial charge in [0.2, 0.25) is 5.91 Å². The molecule has 0 bridgehead atoms. The molecule has 0 saturated carbocycles. The fourth-order valence-electron chi connectivity index (χ4n) is 0.941. The molecule has 0 aliphatic heterocycles. The molecule has 0 aliphatic rings. The molecule has 14 heavy (non-hydrogen) atoms. The van der Waals surface area contributed by atoms with E-state index in [2.05, 4.69) is 0 Å². The number of carbonyl (C=O) groups excluding carboxylic acids is 1. The monoisotopic (exact) mass is 233 g/mol. The smallest absolute Gasteiger partial charge is 0.248 e. The lowest BCUT2D eigenvalue weighted by Crippen LogP contribution is -2.12. The summed E-state index contributed by atoms with van der Waals surface area (Å²) >= 11 is 5.65. The molecular weight excluding hydrogens is 226 g/mol. The topological polar surface area (TPSA) is 77.2 Å². The van der Waals surface area contributed by atoms with Gasteiger partial charge in [0.05, 0.1) is 9.92 Å². The summed E-state index contributed by atoms with van der Waals surface area (Å²) in [5.41, 5.74) is 5.12. The molecule has 0 heterocycles. The predicted octanol–water partition coefficient (Wildman–Crippen LogP) is 0.842. The zero-order chi connectivity index (χ0) is 10.9. The first-order chi connectivity index (χ1) is 6.32. The van der Waals surface area contributed by atoms with Crippen LogP contribution < -0.4 is 5.73 Å². The summed E-state index contributed by atoms with van der Waals surface area (Å²) in [5, 5.41) is 0.0810. The third-order valence-corrected chi connectivity index (χ3v) is 3.19. The van der Waals surface area contributed by atoms with Crippen LogP contribution >= 0.6 is 11.6 Å². The maximum atomic E-state index is 11.2. The number of primary amides is 1. The molecule has 1 aromatic carbocycles. The van der Waals surface area contributed by atoms with Crippen LogP contribution in [0.1, 0.15) is 10.4 Å². The zero-order valence-electron chi connectivity index (χ0n) is 7.32. The Balaban J connectivity index is 3.44. The molecule has 76 valence electrons. The number of amides is 1. The Labute approximate surface area is 86.6 Å². The van der Waals surface area contributed by atoms with Gasteiger partial charge in [0, 0.05) is 11.8 Å². The van der Waals surface area contributed by atoms with Crippen LogP contribution in [0.15, 0.2) is 23.1 Å². The molecule has 1 aromatic rings. The van der Waals surface area contributed by atoms with Crippen LogP contribution in [0.4, 0.5) is 0 Å². The van der Waals surface area contributed by atoms with E-state index in [0.717, 1.165) is 6.26 Å². The summed E-state index contributed by atoms with van der Waals surface area (Å²) in [4.78, 5) is 10.7. The average molecular weight is 234 g/mol. The maximum Gasteiger partial charge on any atom is 0.248 e. The quantitative estimate of drug-likeness (QED) is 0.822. The van der Waals surface area contributed by atoms with Crippen LogP contribution in [-0.2, 0) is 9.84 Å². The first-order valence-electron chi connectivity index (χ1n) is 3.62. The fourth-order valence-corrected chi connectivity index (χ4v) is 2.24. The highest BCUT2D eigenvalue weighted by Gasteiger charge is 2.14. The molecular formula is C8H8ClNO3S. The summed E-state index contributed by atoms with van der Waals surface area (Å²) in [6.07, 6.45) is 1.01. The SMILES string of the molecule is CS(=O)(=O)c1cc(C(N)=O)ccc1Cl. The van der Waals surface area contributed by atoms with Crippen molar-refractivity contribution in [1.29, 1.82) is 0 Å². The van der Waals surface area contributed by atoms with Crippen molar-refractivity contribution in [3.63, 3.8) is 0 Å². The Morgan fingerprint density at radius 3 is 2.43 bits per heavy atom. The lowest BCUT2D eigenvalue weighted by molar-refractivity contribution is 0.1000. The summed E-state index contributed by atoms with van der Waals surface area (Å²) in [5.74, 6) is -0.688. The molecule has 0 fully saturated rings. The Kier molecular flexibility index (Phi) is 2.82. The van der Waals surface area contributed by atoms with Crippen LogP contribution in [0.2, 0.25) is 5.02 Å². The molecule has 1 rings (SSSR count). The zero-order valence-corrected chi connectivity index (χ0v) is 8.89. The highest BCUT2D eigenvalue weighted by Crippen LogP contribution is 2.22. The van der Waals surface area contributed by atoms with Gasteiger partial charge < -0.3 is 5.73 Å². The number of sulfone groups is 1. The summed E-state index contributed by atoms with van der Waals surface area (Å²) in [7, 11) is -3.43. The molecule has 0 atom stereocenters. The van der Waals surface area contributed by atoms with Gasteiger partial charge in [-0.25, -0.2) is 8.42 Å². The molecule has 0 aliphatic carbocycles. The molecule has 4 nitrogen and oxygen atoms in total. The number of benzene rings is 1. The van der Waals surface area contributed by atoms with Crippen molar-refractivity contribution in [1.82, 2.24) is 0 Å². The van der Waals surface area contributed by atoms with Gasteiger partial charge in [0.25, 0.3) is 0 Å². The highest BCUT2D eigenvalue weighted by atomic mass is 35.5. The lowest BCUT2D eigenvalue weighted by Gasteiger charge is -2.02. The van der Waals surface area contributed by atoms with Crippen molar-refractivity contribution in [3.05, 3.63) is 28.8 Å². The van der Waals surface area contributed by atoms with Gasteiger partial charge in [0.15, 0.2) is 9.84 Å². The third kappa shape index (κ3) is 2.24. The first-order valence-corrected chi connectivity index (χ1v) is 5.88. The molecule has 0 unspecified atom stereocenters. The van der Waals surface area contributed by atoms with Crippen LogP contribution in [0.25, 0.3) is 0 Å². The predicted molar refractivity (Wildman–Crippen MR) is 53.1 cm³/mol. The number of halogens is 1. The van der Waals surface area contributed by atoms with Crippen molar-refractivity contribution in [2.75, 3.05) is 6.26 Å². The minimum atomic E-state index is -3.43. The Morgan fingerprint density at radius 2 is 2.00 bits per heavy atom. The molecule has 6 heteroatoms. The number of hydrogen-bond acceptors (Lipinski definition) is 3. The highest BCUT2D eigenvalue weighted by molar-refractivity contribution is 7.90. The molecule has 1 amide bonds. The van der Waals surface area contributed by atoms with Gasteiger partial charge in [-0.2, -0.15) is 0 Å². The third-order valence-electron chi connectivity index (χ3n) is 1.62. The van der Waals surface area contributed by atoms with Gasteiger partial charge in [-0.05, 0) is 18.2 Å². The minimum absolute atomic E-state index is 0.0810. The number of hydrogen-bond donors (Lipinski definition) is 1. The average Bonchev–Trinajstić information content (AvgIpc) is 2.02. The molecule has 0 aromatic heterocycles. The fraction of sp³-hybridized carbons (Fsp3) is 0.125. The van der Waals surface area contributed by atoms with Gasteiger partial charge in [-0.3, -0.25) is 4.79 Å². The van der Waals surface area contributed by atoms with E-state index in [9.17, 15) is 13.2 Å². The van der Waals surface area contributed by atoms with Gasteiger partial charge in [-0.1, -0.05) is 11.6 Å². The number of rotatable bonds is 2. The van der Waals surface area contributed by atoms with Gasteiger partial charge in [0.1, 0.15) is 0 Å². The van der Waals surface area contributed by atoms with E-state index in [-0.39, 0.29) is 15.5 Å². The van der Waals surface area contributed by atoms with E-state index in [1.807, 2.05) is 0 Å². The Bertz CT molecular complexity index is 481. The largest absolute Gasteiger partial charge is 0.366 e. The normalized spacial score (nSPS) is 11.3. The number of carbonyl (C=O) groups is 1. The van der Waals surface area contributed by atoms with E-state index < -0.39 is 15.7 Å². The van der Waals surface area contributed by atoms with E-state index in [1.54, 1.807) is 0 Å². The molecule has 2 N–H and O–H groups in total. The van der Waals surface area contributed by atoms with Crippen LogP contribution in [0, 0.1) is 0 Å². The van der Waals surface area contributed by atoms with E-state index in [1.165, 1.54) is 18.2 Å². The second kappa shape index (κ2) is 3.59. The van der Waals surface area contributed by atoms with Crippen molar-refractivity contribution < 1.29 is 13.2 Å². The summed E-state index contributed by atoms with van der Waals surface area (Å²) in [6.45, 7) is 0. The standard InChI is InChI=1S/C8H8ClNO3S/c1-14(12,13)7-4-5(8(10)11)2-3-6(7)9/h2-4H,1H3,(H2,10,11). The van der Waals surface area contributed by atoms with Crippen LogP contribution in [-0.4, -0.2) is 20.6 Å². The van der Waals surface area contributed by atoms with Gasteiger partial charge in [-0.15, -0.1) is 0 Å². The Morgan fingerprint density at radius 1 is 1.43 bits per heavy atom. The molecule has 0 saturated heterocycles. The molecule has 0 radical (unpaired) electrons. The van der Waals surface area contributed by atoms with Crippen LogP contribution in [0.5, 0.6) is 0 Å². The van der Waals surface area contributed by atoms with Crippen molar-refractivity contribution in [3.8, 4) is 0 Å². The Hall–Kier alpha value is -1.07. The summed E-state index contributed by atoms with van der Waals surface area (Å²) in [6, 6.07) is 3.87. The van der Waals surface area contributed by atoms with Crippen LogP contribution in [0.3, 0.4) is 0 Å².